The molecule has 16 heavy (non-hydrogen) atoms. The van der Waals surface area contributed by atoms with E-state index >= 15 is 0 Å². The number of ether oxygens (including phenoxy) is 1. The average Bonchev–Trinajstić information content (AvgIpc) is 2.28. The molecule has 0 N–H and O–H groups in total. The number of nitrogens with zero attached hydrogens (tertiary/aromatic N) is 1. The van der Waals surface area contributed by atoms with Gasteiger partial charge in [-0.2, -0.15) is 0 Å². The molecule has 0 amide bonds. The molecular formula is C13H20ClNO. The van der Waals surface area contributed by atoms with E-state index in [-0.39, 0.29) is 5.38 Å². The molecule has 0 saturated heterocycles. The van der Waals surface area contributed by atoms with Crippen LogP contribution in [0.15, 0.2) is 18.5 Å². The highest BCUT2D eigenvalue weighted by Gasteiger charge is 2.04. The first-order valence-corrected chi connectivity index (χ1v) is 6.40. The van der Waals surface area contributed by atoms with E-state index in [0.29, 0.717) is 6.61 Å². The van der Waals surface area contributed by atoms with Crippen LogP contribution in [0, 0.1) is 0 Å². The maximum absolute atomic E-state index is 6.18. The summed E-state index contributed by atoms with van der Waals surface area (Å²) in [7, 11) is 0. The quantitative estimate of drug-likeness (QED) is 0.677. The van der Waals surface area contributed by atoms with Crippen LogP contribution >= 0.6 is 11.6 Å². The molecular weight excluding hydrogens is 222 g/mol. The van der Waals surface area contributed by atoms with Crippen molar-refractivity contribution in [3.63, 3.8) is 0 Å². The number of pyridine rings is 1. The van der Waals surface area contributed by atoms with Crippen LogP contribution in [0.5, 0.6) is 5.75 Å². The maximum atomic E-state index is 6.18. The summed E-state index contributed by atoms with van der Waals surface area (Å²) in [5, 5.41) is 0.278. The number of halogens is 1. The molecule has 1 rings (SSSR count). The second-order valence-electron chi connectivity index (χ2n) is 3.89. The maximum Gasteiger partial charge on any atom is 0.137 e. The third kappa shape index (κ3) is 4.84. The van der Waals surface area contributed by atoms with Crippen LogP contribution in [0.1, 0.15) is 38.7 Å². The minimum Gasteiger partial charge on any atom is -0.492 e. The van der Waals surface area contributed by atoms with Gasteiger partial charge in [-0.3, -0.25) is 4.98 Å². The van der Waals surface area contributed by atoms with E-state index < -0.39 is 0 Å². The molecule has 0 bridgehead atoms. The number of aromatic nitrogens is 1. The number of hydrogen-bond acceptors (Lipinski definition) is 2. The van der Waals surface area contributed by atoms with E-state index in [1.807, 2.05) is 19.2 Å². The van der Waals surface area contributed by atoms with Crippen molar-refractivity contribution in [2.75, 3.05) is 6.61 Å². The predicted octanol–water partition coefficient (Wildman–Crippen LogP) is 3.82. The molecule has 0 radical (unpaired) electrons. The fourth-order valence-corrected chi connectivity index (χ4v) is 1.95. The highest BCUT2D eigenvalue weighted by molar-refractivity contribution is 6.20. The van der Waals surface area contributed by atoms with Gasteiger partial charge in [-0.1, -0.05) is 13.3 Å². The lowest BCUT2D eigenvalue weighted by molar-refractivity contribution is 0.338. The van der Waals surface area contributed by atoms with Crippen LogP contribution in [-0.2, 0) is 6.42 Å². The van der Waals surface area contributed by atoms with Crippen molar-refractivity contribution in [1.29, 1.82) is 0 Å². The van der Waals surface area contributed by atoms with Crippen LogP contribution in [0.3, 0.4) is 0 Å². The monoisotopic (exact) mass is 241 g/mol. The summed E-state index contributed by atoms with van der Waals surface area (Å²) >= 11 is 6.18. The highest BCUT2D eigenvalue weighted by Crippen LogP contribution is 2.16. The highest BCUT2D eigenvalue weighted by atomic mass is 35.5. The van der Waals surface area contributed by atoms with Gasteiger partial charge in [0.15, 0.2) is 0 Å². The Morgan fingerprint density at radius 3 is 2.81 bits per heavy atom. The molecule has 1 aromatic rings. The normalized spacial score (nSPS) is 12.4. The number of alkyl halides is 1. The van der Waals surface area contributed by atoms with Crippen molar-refractivity contribution >= 4 is 11.6 Å². The molecule has 3 heteroatoms. The molecule has 1 atom stereocenters. The largest absolute Gasteiger partial charge is 0.492 e. The number of hydrogen-bond donors (Lipinski definition) is 0. The Bertz CT molecular complexity index is 304. The number of aryl methyl sites for hydroxylation is 1. The van der Waals surface area contributed by atoms with Crippen molar-refractivity contribution in [3.05, 3.63) is 24.0 Å². The zero-order valence-electron chi connectivity index (χ0n) is 10.1. The fraction of sp³-hybridized carbons (Fsp3) is 0.615. The Morgan fingerprint density at radius 1 is 1.31 bits per heavy atom. The lowest BCUT2D eigenvalue weighted by Gasteiger charge is -2.08. The van der Waals surface area contributed by atoms with Gasteiger partial charge in [-0.15, -0.1) is 11.6 Å². The molecule has 0 saturated carbocycles. The first-order chi connectivity index (χ1) is 7.76. The molecule has 0 aromatic carbocycles. The summed E-state index contributed by atoms with van der Waals surface area (Å²) in [6.45, 7) is 4.81. The molecule has 0 fully saturated rings. The van der Waals surface area contributed by atoms with Crippen molar-refractivity contribution in [2.24, 2.45) is 0 Å². The van der Waals surface area contributed by atoms with Gasteiger partial charge in [0.05, 0.1) is 12.8 Å². The Labute approximate surface area is 103 Å². The van der Waals surface area contributed by atoms with Gasteiger partial charge in [-0.25, -0.2) is 0 Å². The second-order valence-corrected chi connectivity index (χ2v) is 4.50. The third-order valence-corrected chi connectivity index (χ3v) is 2.87. The van der Waals surface area contributed by atoms with Gasteiger partial charge >= 0.3 is 0 Å². The van der Waals surface area contributed by atoms with Crippen LogP contribution in [0.4, 0.5) is 0 Å². The van der Waals surface area contributed by atoms with E-state index in [1.54, 1.807) is 6.20 Å². The minimum absolute atomic E-state index is 0.278. The van der Waals surface area contributed by atoms with Gasteiger partial charge in [0.1, 0.15) is 5.75 Å². The van der Waals surface area contributed by atoms with Crippen molar-refractivity contribution < 1.29 is 4.74 Å². The summed E-state index contributed by atoms with van der Waals surface area (Å²) in [4.78, 5) is 4.16. The van der Waals surface area contributed by atoms with Gasteiger partial charge in [0, 0.05) is 11.6 Å². The molecule has 0 aliphatic heterocycles. The van der Waals surface area contributed by atoms with Crippen LogP contribution in [-0.4, -0.2) is 17.0 Å². The summed E-state index contributed by atoms with van der Waals surface area (Å²) in [6.07, 6.45) is 7.84. The molecule has 90 valence electrons. The first kappa shape index (κ1) is 13.3. The lowest BCUT2D eigenvalue weighted by atomic mass is 10.1. The molecule has 0 aliphatic rings. The van der Waals surface area contributed by atoms with Gasteiger partial charge in [0.2, 0.25) is 0 Å². The number of rotatable bonds is 7. The van der Waals surface area contributed by atoms with Crippen molar-refractivity contribution in [1.82, 2.24) is 4.98 Å². The van der Waals surface area contributed by atoms with E-state index in [9.17, 15) is 0 Å². The van der Waals surface area contributed by atoms with Gasteiger partial charge < -0.3 is 4.74 Å². The van der Waals surface area contributed by atoms with Crippen molar-refractivity contribution in [2.45, 2.75) is 44.9 Å². The van der Waals surface area contributed by atoms with Crippen LogP contribution in [0.2, 0.25) is 0 Å². The Hall–Kier alpha value is -0.760. The van der Waals surface area contributed by atoms with E-state index in [1.165, 1.54) is 5.56 Å². The molecule has 0 aliphatic carbocycles. The molecule has 0 spiro atoms. The summed E-state index contributed by atoms with van der Waals surface area (Å²) in [5.41, 5.74) is 1.20. The summed E-state index contributed by atoms with van der Waals surface area (Å²) in [6, 6.07) is 2.05. The molecule has 2 nitrogen and oxygen atoms in total. The first-order valence-electron chi connectivity index (χ1n) is 5.97. The minimum atomic E-state index is 0.278. The average molecular weight is 242 g/mol. The van der Waals surface area contributed by atoms with Gasteiger partial charge in [0.25, 0.3) is 0 Å². The summed E-state index contributed by atoms with van der Waals surface area (Å²) < 4.78 is 5.41. The summed E-state index contributed by atoms with van der Waals surface area (Å²) in [5.74, 6) is 0.849. The van der Waals surface area contributed by atoms with Crippen LogP contribution in [0.25, 0.3) is 0 Å². The SMILES string of the molecule is CCCC(Cl)CCc1cncc(OCC)c1. The standard InChI is InChI=1S/C13H20ClNO/c1-3-5-12(14)7-6-11-8-13(16-4-2)10-15-9-11/h8-10,12H,3-7H2,1-2H3. The van der Waals surface area contributed by atoms with Gasteiger partial charge in [-0.05, 0) is 37.8 Å². The fourth-order valence-electron chi connectivity index (χ4n) is 1.63. The second kappa shape index (κ2) is 7.50. The lowest BCUT2D eigenvalue weighted by Crippen LogP contribution is -2.01. The van der Waals surface area contributed by atoms with Crippen LogP contribution < -0.4 is 4.74 Å². The topological polar surface area (TPSA) is 22.1 Å². The van der Waals surface area contributed by atoms with E-state index in [4.69, 9.17) is 16.3 Å². The zero-order valence-corrected chi connectivity index (χ0v) is 10.8. The smallest absolute Gasteiger partial charge is 0.137 e. The molecule has 1 unspecified atom stereocenters. The molecule has 1 aromatic heterocycles. The van der Waals surface area contributed by atoms with Crippen molar-refractivity contribution in [3.8, 4) is 5.75 Å². The third-order valence-electron chi connectivity index (χ3n) is 2.43. The predicted molar refractivity (Wildman–Crippen MR) is 68.3 cm³/mol. The zero-order chi connectivity index (χ0) is 11.8. The molecule has 1 heterocycles. The Balaban J connectivity index is 2.44. The van der Waals surface area contributed by atoms with E-state index in [2.05, 4.69) is 11.9 Å². The Morgan fingerprint density at radius 2 is 2.12 bits per heavy atom. The Kier molecular flexibility index (Phi) is 6.24. The van der Waals surface area contributed by atoms with E-state index in [0.717, 1.165) is 31.4 Å².